The summed E-state index contributed by atoms with van der Waals surface area (Å²) in [5.74, 6) is 1.79. The van der Waals surface area contributed by atoms with Gasteiger partial charge in [0.05, 0.1) is 5.69 Å². The molecule has 0 N–H and O–H groups in total. The number of hydrogen-bond acceptors (Lipinski definition) is 1. The second kappa shape index (κ2) is 8.31. The topological polar surface area (TPSA) is 17.8 Å². The zero-order chi connectivity index (χ0) is 21.3. The Hall–Kier alpha value is -3.13. The Morgan fingerprint density at radius 1 is 0.700 bits per heavy atom. The van der Waals surface area contributed by atoms with E-state index in [9.17, 15) is 0 Å². The van der Waals surface area contributed by atoms with E-state index in [1.165, 1.54) is 33.5 Å². The van der Waals surface area contributed by atoms with E-state index in [0.29, 0.717) is 11.8 Å². The van der Waals surface area contributed by atoms with Gasteiger partial charge < -0.3 is 0 Å². The molecule has 0 amide bonds. The van der Waals surface area contributed by atoms with Gasteiger partial charge in [0.2, 0.25) is 0 Å². The summed E-state index contributed by atoms with van der Waals surface area (Å²) in [7, 11) is 0. The van der Waals surface area contributed by atoms with Crippen molar-refractivity contribution in [2.75, 3.05) is 0 Å². The monoisotopic (exact) mass is 394 g/mol. The van der Waals surface area contributed by atoms with Crippen molar-refractivity contribution in [1.82, 2.24) is 9.55 Å². The second-order valence-electron chi connectivity index (χ2n) is 8.67. The molecule has 152 valence electrons. The Bertz CT molecular complexity index is 1120. The van der Waals surface area contributed by atoms with Crippen molar-refractivity contribution in [3.63, 3.8) is 0 Å². The van der Waals surface area contributed by atoms with Gasteiger partial charge in [-0.05, 0) is 59.2 Å². The number of aryl methyl sites for hydroxylation is 1. The van der Waals surface area contributed by atoms with Gasteiger partial charge in [-0.15, -0.1) is 0 Å². The minimum absolute atomic E-state index is 0.397. The van der Waals surface area contributed by atoms with E-state index in [1.54, 1.807) is 0 Å². The molecule has 2 heteroatoms. The van der Waals surface area contributed by atoms with Crippen LogP contribution in [0.4, 0.5) is 0 Å². The number of imidazole rings is 1. The lowest BCUT2D eigenvalue weighted by Crippen LogP contribution is -2.08. The van der Waals surface area contributed by atoms with Gasteiger partial charge in [-0.3, -0.25) is 4.57 Å². The van der Waals surface area contributed by atoms with E-state index in [1.807, 2.05) is 6.20 Å². The maximum atomic E-state index is 4.75. The molecule has 4 aromatic rings. The van der Waals surface area contributed by atoms with Gasteiger partial charge in [0.1, 0.15) is 5.82 Å². The molecule has 4 rings (SSSR count). The van der Waals surface area contributed by atoms with Gasteiger partial charge in [-0.25, -0.2) is 4.98 Å². The molecule has 1 aromatic heterocycles. The van der Waals surface area contributed by atoms with Crippen LogP contribution in [0.15, 0.2) is 79.1 Å². The van der Waals surface area contributed by atoms with Gasteiger partial charge in [0.25, 0.3) is 0 Å². The number of hydrogen-bond donors (Lipinski definition) is 0. The van der Waals surface area contributed by atoms with Crippen molar-refractivity contribution in [1.29, 1.82) is 0 Å². The first-order valence-electron chi connectivity index (χ1n) is 10.8. The van der Waals surface area contributed by atoms with E-state index in [0.717, 1.165) is 11.4 Å². The van der Waals surface area contributed by atoms with Gasteiger partial charge in [0, 0.05) is 18.0 Å². The SMILES string of the molecule is Cc1cccc(-c2nccn2-c2c(C(C)C)cc(-c3ccccc3)cc2C(C)C)c1. The number of rotatable bonds is 5. The van der Waals surface area contributed by atoms with Crippen molar-refractivity contribution in [3.05, 3.63) is 95.8 Å². The third kappa shape index (κ3) is 3.82. The van der Waals surface area contributed by atoms with Crippen molar-refractivity contribution in [2.24, 2.45) is 0 Å². The molecule has 0 spiro atoms. The van der Waals surface area contributed by atoms with Gasteiger partial charge in [-0.1, -0.05) is 81.8 Å². The molecule has 0 aliphatic heterocycles. The third-order valence-corrected chi connectivity index (χ3v) is 5.68. The van der Waals surface area contributed by atoms with Crippen LogP contribution in [0.25, 0.3) is 28.2 Å². The lowest BCUT2D eigenvalue weighted by atomic mass is 9.88. The molecular weight excluding hydrogens is 364 g/mol. The van der Waals surface area contributed by atoms with Crippen LogP contribution in [0.5, 0.6) is 0 Å². The first-order chi connectivity index (χ1) is 14.5. The summed E-state index contributed by atoms with van der Waals surface area (Å²) in [6, 6.07) is 24.0. The fourth-order valence-corrected chi connectivity index (χ4v) is 4.12. The molecule has 1 heterocycles. The Morgan fingerprint density at radius 2 is 1.33 bits per heavy atom. The number of benzene rings is 3. The molecule has 0 aliphatic carbocycles. The van der Waals surface area contributed by atoms with Crippen LogP contribution in [0, 0.1) is 6.92 Å². The minimum Gasteiger partial charge on any atom is -0.299 e. The average Bonchev–Trinajstić information content (AvgIpc) is 3.23. The van der Waals surface area contributed by atoms with Crippen LogP contribution in [-0.4, -0.2) is 9.55 Å². The molecule has 0 unspecified atom stereocenters. The summed E-state index contributed by atoms with van der Waals surface area (Å²) in [6.07, 6.45) is 4.02. The van der Waals surface area contributed by atoms with Crippen LogP contribution in [-0.2, 0) is 0 Å². The average molecular weight is 395 g/mol. The Kier molecular flexibility index (Phi) is 5.59. The normalized spacial score (nSPS) is 11.4. The summed E-state index contributed by atoms with van der Waals surface area (Å²) in [4.78, 5) is 4.75. The molecule has 0 aliphatic rings. The van der Waals surface area contributed by atoms with E-state index in [2.05, 4.69) is 112 Å². The fourth-order valence-electron chi connectivity index (χ4n) is 4.12. The largest absolute Gasteiger partial charge is 0.299 e. The van der Waals surface area contributed by atoms with Crippen LogP contribution < -0.4 is 0 Å². The lowest BCUT2D eigenvalue weighted by Gasteiger charge is -2.23. The first-order valence-corrected chi connectivity index (χ1v) is 10.8. The summed E-state index contributed by atoms with van der Waals surface area (Å²) in [5, 5.41) is 0. The third-order valence-electron chi connectivity index (χ3n) is 5.68. The highest BCUT2D eigenvalue weighted by Crippen LogP contribution is 2.37. The number of nitrogens with zero attached hydrogens (tertiary/aromatic N) is 2. The van der Waals surface area contributed by atoms with Crippen molar-refractivity contribution in [2.45, 2.75) is 46.5 Å². The molecule has 0 atom stereocenters. The minimum atomic E-state index is 0.397. The Morgan fingerprint density at radius 3 is 1.93 bits per heavy atom. The van der Waals surface area contributed by atoms with Crippen molar-refractivity contribution < 1.29 is 0 Å². The van der Waals surface area contributed by atoms with E-state index in [-0.39, 0.29) is 0 Å². The highest BCUT2D eigenvalue weighted by Gasteiger charge is 2.20. The fraction of sp³-hybridized carbons (Fsp3) is 0.250. The smallest absolute Gasteiger partial charge is 0.144 e. The van der Waals surface area contributed by atoms with Gasteiger partial charge >= 0.3 is 0 Å². The summed E-state index contributed by atoms with van der Waals surface area (Å²) in [6.45, 7) is 11.2. The zero-order valence-electron chi connectivity index (χ0n) is 18.6. The van der Waals surface area contributed by atoms with Crippen LogP contribution >= 0.6 is 0 Å². The highest BCUT2D eigenvalue weighted by molar-refractivity contribution is 5.71. The summed E-state index contributed by atoms with van der Waals surface area (Å²) < 4.78 is 2.29. The standard InChI is InChI=1S/C28H30N2/c1-19(2)25-17-24(22-11-7-6-8-12-22)18-26(20(3)4)27(25)30-15-14-29-28(30)23-13-9-10-21(5)16-23/h6-20H,1-5H3. The number of aromatic nitrogens is 2. The van der Waals surface area contributed by atoms with Crippen molar-refractivity contribution >= 4 is 0 Å². The van der Waals surface area contributed by atoms with Crippen molar-refractivity contribution in [3.8, 4) is 28.2 Å². The van der Waals surface area contributed by atoms with Crippen LogP contribution in [0.1, 0.15) is 56.2 Å². The maximum Gasteiger partial charge on any atom is 0.144 e. The van der Waals surface area contributed by atoms with Gasteiger partial charge in [-0.2, -0.15) is 0 Å². The Labute approximate surface area is 180 Å². The molecule has 0 bridgehead atoms. The highest BCUT2D eigenvalue weighted by atomic mass is 15.1. The van der Waals surface area contributed by atoms with Crippen LogP contribution in [0.3, 0.4) is 0 Å². The second-order valence-corrected chi connectivity index (χ2v) is 8.67. The van der Waals surface area contributed by atoms with Crippen LogP contribution in [0.2, 0.25) is 0 Å². The molecular formula is C28H30N2. The van der Waals surface area contributed by atoms with Gasteiger partial charge in [0.15, 0.2) is 0 Å². The predicted molar refractivity (Wildman–Crippen MR) is 127 cm³/mol. The molecule has 0 radical (unpaired) electrons. The Balaban J connectivity index is 1.98. The molecule has 2 nitrogen and oxygen atoms in total. The zero-order valence-corrected chi connectivity index (χ0v) is 18.6. The van der Waals surface area contributed by atoms with E-state index in [4.69, 9.17) is 4.98 Å². The van der Waals surface area contributed by atoms with E-state index >= 15 is 0 Å². The molecule has 0 saturated carbocycles. The molecule has 0 saturated heterocycles. The molecule has 3 aromatic carbocycles. The van der Waals surface area contributed by atoms with E-state index < -0.39 is 0 Å². The first kappa shape index (κ1) is 20.2. The summed E-state index contributed by atoms with van der Waals surface area (Å²) in [5.41, 5.74) is 8.92. The predicted octanol–water partition coefficient (Wildman–Crippen LogP) is 7.76. The lowest BCUT2D eigenvalue weighted by molar-refractivity contribution is 0.807. The maximum absolute atomic E-state index is 4.75. The summed E-state index contributed by atoms with van der Waals surface area (Å²) >= 11 is 0. The molecule has 0 fully saturated rings. The quantitative estimate of drug-likeness (QED) is 0.338. The molecule has 30 heavy (non-hydrogen) atoms.